The van der Waals surface area contributed by atoms with Crippen LogP contribution in [0.15, 0.2) is 18.2 Å². The highest BCUT2D eigenvalue weighted by Gasteiger charge is 2.29. The van der Waals surface area contributed by atoms with Crippen molar-refractivity contribution in [3.63, 3.8) is 0 Å². The Morgan fingerprint density at radius 1 is 1.35 bits per heavy atom. The quantitative estimate of drug-likeness (QED) is 0.902. The van der Waals surface area contributed by atoms with Crippen LogP contribution in [0.2, 0.25) is 0 Å². The van der Waals surface area contributed by atoms with Gasteiger partial charge in [0, 0.05) is 25.7 Å². The number of hydrogen-bond acceptors (Lipinski definition) is 2. The average Bonchev–Trinajstić information content (AvgIpc) is 3.19. The number of rotatable bonds is 4. The van der Waals surface area contributed by atoms with Crippen LogP contribution in [0.1, 0.15) is 45.1 Å². The van der Waals surface area contributed by atoms with E-state index in [4.69, 9.17) is 0 Å². The van der Waals surface area contributed by atoms with Gasteiger partial charge in [0.2, 0.25) is 0 Å². The molecule has 1 N–H and O–H groups in total. The Bertz CT molecular complexity index is 480. The van der Waals surface area contributed by atoms with Crippen molar-refractivity contribution in [3.8, 4) is 0 Å². The molecule has 0 spiro atoms. The van der Waals surface area contributed by atoms with Crippen LogP contribution < -0.4 is 10.2 Å². The molecule has 0 atom stereocenters. The Morgan fingerprint density at radius 3 is 2.85 bits per heavy atom. The highest BCUT2D eigenvalue weighted by Crippen LogP contribution is 2.34. The van der Waals surface area contributed by atoms with Crippen LogP contribution in [-0.2, 0) is 6.54 Å². The molecule has 0 bridgehead atoms. The summed E-state index contributed by atoms with van der Waals surface area (Å²) >= 11 is 0. The standard InChI is InChI=1S/C17H25FN2/c1-17(2)9-4-10-20(12-17)16-13(5-3-6-15(16)18)11-19-14-7-8-14/h3,5-6,14,19H,4,7-12H2,1-2H3. The van der Waals surface area contributed by atoms with Gasteiger partial charge in [-0.25, -0.2) is 4.39 Å². The minimum absolute atomic E-state index is 0.0715. The van der Waals surface area contributed by atoms with Crippen molar-refractivity contribution in [1.29, 1.82) is 0 Å². The summed E-state index contributed by atoms with van der Waals surface area (Å²) in [4.78, 5) is 2.25. The molecular weight excluding hydrogens is 251 g/mol. The first-order valence-corrected chi connectivity index (χ1v) is 7.81. The lowest BCUT2D eigenvalue weighted by Gasteiger charge is -2.40. The molecule has 1 heterocycles. The van der Waals surface area contributed by atoms with Gasteiger partial charge >= 0.3 is 0 Å². The minimum Gasteiger partial charge on any atom is -0.368 e. The van der Waals surface area contributed by atoms with E-state index in [0.29, 0.717) is 6.04 Å². The maximum absolute atomic E-state index is 14.4. The predicted octanol–water partition coefficient (Wildman–Crippen LogP) is 3.70. The molecule has 1 aliphatic carbocycles. The third kappa shape index (κ3) is 3.14. The number of halogens is 1. The number of nitrogens with one attached hydrogen (secondary N) is 1. The zero-order chi connectivity index (χ0) is 14.2. The molecule has 0 unspecified atom stereocenters. The van der Waals surface area contributed by atoms with Crippen LogP contribution >= 0.6 is 0 Å². The second-order valence-electron chi connectivity index (χ2n) is 7.09. The summed E-state index contributed by atoms with van der Waals surface area (Å²) in [7, 11) is 0. The van der Waals surface area contributed by atoms with Crippen LogP contribution in [0.3, 0.4) is 0 Å². The Kier molecular flexibility index (Phi) is 3.72. The molecule has 1 aromatic carbocycles. The van der Waals surface area contributed by atoms with E-state index >= 15 is 0 Å². The van der Waals surface area contributed by atoms with Gasteiger partial charge in [0.25, 0.3) is 0 Å². The topological polar surface area (TPSA) is 15.3 Å². The van der Waals surface area contributed by atoms with Gasteiger partial charge in [0.1, 0.15) is 5.82 Å². The van der Waals surface area contributed by atoms with E-state index in [1.807, 2.05) is 6.07 Å². The normalized spacial score (nSPS) is 22.1. The fourth-order valence-electron chi connectivity index (χ4n) is 3.21. The predicted molar refractivity (Wildman–Crippen MR) is 81.5 cm³/mol. The van der Waals surface area contributed by atoms with Gasteiger partial charge in [-0.15, -0.1) is 0 Å². The number of benzene rings is 1. The molecule has 0 amide bonds. The summed E-state index contributed by atoms with van der Waals surface area (Å²) in [6.45, 7) is 7.27. The summed E-state index contributed by atoms with van der Waals surface area (Å²) in [5, 5.41) is 3.51. The van der Waals surface area contributed by atoms with Crippen molar-refractivity contribution in [3.05, 3.63) is 29.6 Å². The molecular formula is C17H25FN2. The highest BCUT2D eigenvalue weighted by atomic mass is 19.1. The SMILES string of the molecule is CC1(C)CCCN(c2c(F)cccc2CNC2CC2)C1. The van der Waals surface area contributed by atoms with Crippen molar-refractivity contribution < 1.29 is 4.39 Å². The molecule has 0 radical (unpaired) electrons. The molecule has 3 rings (SSSR count). The van der Waals surface area contributed by atoms with Crippen molar-refractivity contribution in [1.82, 2.24) is 5.32 Å². The van der Waals surface area contributed by atoms with Crippen LogP contribution in [0, 0.1) is 11.2 Å². The Labute approximate surface area is 121 Å². The number of nitrogens with zero attached hydrogens (tertiary/aromatic N) is 1. The molecule has 110 valence electrons. The largest absolute Gasteiger partial charge is 0.368 e. The summed E-state index contributed by atoms with van der Waals surface area (Å²) in [6.07, 6.45) is 4.91. The number of piperidine rings is 1. The lowest BCUT2D eigenvalue weighted by Crippen LogP contribution is -2.41. The van der Waals surface area contributed by atoms with Crippen LogP contribution in [0.25, 0.3) is 0 Å². The van der Waals surface area contributed by atoms with Gasteiger partial charge in [-0.2, -0.15) is 0 Å². The second-order valence-corrected chi connectivity index (χ2v) is 7.09. The molecule has 1 aromatic rings. The molecule has 2 aliphatic rings. The van der Waals surface area contributed by atoms with Gasteiger partial charge in [0.05, 0.1) is 5.69 Å². The van der Waals surface area contributed by atoms with Crippen molar-refractivity contribution in [2.75, 3.05) is 18.0 Å². The van der Waals surface area contributed by atoms with Gasteiger partial charge in [-0.05, 0) is 42.7 Å². The average molecular weight is 276 g/mol. The van der Waals surface area contributed by atoms with E-state index in [2.05, 4.69) is 30.1 Å². The fourth-order valence-corrected chi connectivity index (χ4v) is 3.21. The molecule has 1 saturated heterocycles. The third-order valence-corrected chi connectivity index (χ3v) is 4.45. The fraction of sp³-hybridized carbons (Fsp3) is 0.647. The van der Waals surface area contributed by atoms with E-state index in [1.165, 1.54) is 19.3 Å². The van der Waals surface area contributed by atoms with Crippen molar-refractivity contribution in [2.45, 2.75) is 52.1 Å². The van der Waals surface area contributed by atoms with Crippen molar-refractivity contribution >= 4 is 5.69 Å². The first-order chi connectivity index (χ1) is 9.55. The number of hydrogen-bond donors (Lipinski definition) is 1. The summed E-state index contributed by atoms with van der Waals surface area (Å²) in [5.41, 5.74) is 2.21. The molecule has 20 heavy (non-hydrogen) atoms. The van der Waals surface area contributed by atoms with Gasteiger partial charge in [-0.1, -0.05) is 26.0 Å². The van der Waals surface area contributed by atoms with Gasteiger partial charge in [0.15, 0.2) is 0 Å². The Balaban J connectivity index is 1.82. The minimum atomic E-state index is -0.0715. The van der Waals surface area contributed by atoms with E-state index in [9.17, 15) is 4.39 Å². The van der Waals surface area contributed by atoms with Crippen LogP contribution in [0.5, 0.6) is 0 Å². The molecule has 0 aromatic heterocycles. The smallest absolute Gasteiger partial charge is 0.146 e. The highest BCUT2D eigenvalue weighted by molar-refractivity contribution is 5.55. The zero-order valence-corrected chi connectivity index (χ0v) is 12.6. The maximum atomic E-state index is 14.4. The third-order valence-electron chi connectivity index (χ3n) is 4.45. The van der Waals surface area contributed by atoms with Gasteiger partial charge in [-0.3, -0.25) is 0 Å². The van der Waals surface area contributed by atoms with E-state index in [0.717, 1.165) is 37.3 Å². The Hall–Kier alpha value is -1.09. The first-order valence-electron chi connectivity index (χ1n) is 7.81. The maximum Gasteiger partial charge on any atom is 0.146 e. The lowest BCUT2D eigenvalue weighted by molar-refractivity contribution is 0.291. The molecule has 2 fully saturated rings. The number of anilines is 1. The Morgan fingerprint density at radius 2 is 2.15 bits per heavy atom. The molecule has 2 nitrogen and oxygen atoms in total. The van der Waals surface area contributed by atoms with Crippen LogP contribution in [0.4, 0.5) is 10.1 Å². The molecule has 3 heteroatoms. The first kappa shape index (κ1) is 13.9. The van der Waals surface area contributed by atoms with Crippen molar-refractivity contribution in [2.24, 2.45) is 5.41 Å². The zero-order valence-electron chi connectivity index (χ0n) is 12.6. The lowest BCUT2D eigenvalue weighted by atomic mass is 9.84. The summed E-state index contributed by atoms with van der Waals surface area (Å²) in [6, 6.07) is 6.15. The second kappa shape index (κ2) is 5.36. The van der Waals surface area contributed by atoms with E-state index < -0.39 is 0 Å². The van der Waals surface area contributed by atoms with Crippen LogP contribution in [-0.4, -0.2) is 19.1 Å². The monoisotopic (exact) mass is 276 g/mol. The summed E-state index contributed by atoms with van der Waals surface area (Å²) < 4.78 is 14.4. The van der Waals surface area contributed by atoms with Gasteiger partial charge < -0.3 is 10.2 Å². The summed E-state index contributed by atoms with van der Waals surface area (Å²) in [5.74, 6) is -0.0715. The number of para-hydroxylation sites is 1. The molecule has 1 saturated carbocycles. The molecule has 1 aliphatic heterocycles. The van der Waals surface area contributed by atoms with E-state index in [1.54, 1.807) is 6.07 Å². The van der Waals surface area contributed by atoms with E-state index in [-0.39, 0.29) is 11.2 Å².